The lowest BCUT2D eigenvalue weighted by Gasteiger charge is -2.20. The molecule has 0 radical (unpaired) electrons. The van der Waals surface area contributed by atoms with Gasteiger partial charge in [0.2, 0.25) is 0 Å². The van der Waals surface area contributed by atoms with E-state index in [2.05, 4.69) is 5.32 Å². The Bertz CT molecular complexity index is 349. The molecule has 1 N–H and O–H groups in total. The van der Waals surface area contributed by atoms with E-state index in [-0.39, 0.29) is 6.54 Å². The fraction of sp³-hybridized carbons (Fsp3) is 0.667. The van der Waals surface area contributed by atoms with E-state index in [4.69, 9.17) is 4.42 Å². The highest BCUT2D eigenvalue weighted by Gasteiger charge is 2.30. The molecule has 0 saturated carbocycles. The van der Waals surface area contributed by atoms with Crippen LogP contribution in [-0.4, -0.2) is 30.7 Å². The van der Waals surface area contributed by atoms with Crippen molar-refractivity contribution in [3.8, 4) is 0 Å². The SMILES string of the molecule is CCNCc1ccc(CN(CC)CC(F)(F)F)o1. The highest BCUT2D eigenvalue weighted by molar-refractivity contribution is 5.07. The maximum Gasteiger partial charge on any atom is 0.401 e. The molecule has 0 fully saturated rings. The molecule has 0 saturated heterocycles. The molecule has 6 heteroatoms. The Morgan fingerprint density at radius 3 is 2.44 bits per heavy atom. The van der Waals surface area contributed by atoms with Crippen molar-refractivity contribution in [3.05, 3.63) is 23.7 Å². The molecule has 0 atom stereocenters. The minimum atomic E-state index is -4.17. The Labute approximate surface area is 105 Å². The Morgan fingerprint density at radius 1 is 1.22 bits per heavy atom. The minimum Gasteiger partial charge on any atom is -0.463 e. The summed E-state index contributed by atoms with van der Waals surface area (Å²) in [7, 11) is 0. The van der Waals surface area contributed by atoms with Crippen LogP contribution in [0.25, 0.3) is 0 Å². The van der Waals surface area contributed by atoms with E-state index >= 15 is 0 Å². The lowest BCUT2D eigenvalue weighted by atomic mass is 10.3. The maximum atomic E-state index is 12.3. The van der Waals surface area contributed by atoms with E-state index in [1.54, 1.807) is 19.1 Å². The second-order valence-corrected chi connectivity index (χ2v) is 4.07. The summed E-state index contributed by atoms with van der Waals surface area (Å²) in [6.45, 7) is 4.71. The molecule has 18 heavy (non-hydrogen) atoms. The number of nitrogens with zero attached hydrogens (tertiary/aromatic N) is 1. The van der Waals surface area contributed by atoms with Crippen molar-refractivity contribution >= 4 is 0 Å². The number of hydrogen-bond donors (Lipinski definition) is 1. The molecule has 1 aromatic heterocycles. The number of halogens is 3. The average Bonchev–Trinajstić information content (AvgIpc) is 2.71. The number of furan rings is 1. The van der Waals surface area contributed by atoms with Gasteiger partial charge >= 0.3 is 6.18 Å². The molecule has 0 aliphatic rings. The first kappa shape index (κ1) is 15.0. The van der Waals surface area contributed by atoms with Crippen LogP contribution in [0.3, 0.4) is 0 Å². The monoisotopic (exact) mass is 264 g/mol. The summed E-state index contributed by atoms with van der Waals surface area (Å²) in [5.74, 6) is 1.31. The van der Waals surface area contributed by atoms with Gasteiger partial charge in [-0.2, -0.15) is 13.2 Å². The lowest BCUT2D eigenvalue weighted by molar-refractivity contribution is -0.147. The van der Waals surface area contributed by atoms with Gasteiger partial charge in [-0.25, -0.2) is 0 Å². The van der Waals surface area contributed by atoms with E-state index in [0.717, 1.165) is 12.3 Å². The molecule has 1 rings (SSSR count). The molecule has 0 aliphatic heterocycles. The number of rotatable bonds is 7. The Hall–Kier alpha value is -1.01. The van der Waals surface area contributed by atoms with Crippen LogP contribution < -0.4 is 5.32 Å². The van der Waals surface area contributed by atoms with Crippen LogP contribution in [0.4, 0.5) is 13.2 Å². The largest absolute Gasteiger partial charge is 0.463 e. The molecule has 0 spiro atoms. The topological polar surface area (TPSA) is 28.4 Å². The van der Waals surface area contributed by atoms with Crippen molar-refractivity contribution in [1.82, 2.24) is 10.2 Å². The average molecular weight is 264 g/mol. The summed E-state index contributed by atoms with van der Waals surface area (Å²) >= 11 is 0. The fourth-order valence-corrected chi connectivity index (χ4v) is 1.60. The fourth-order valence-electron chi connectivity index (χ4n) is 1.60. The summed E-state index contributed by atoms with van der Waals surface area (Å²) in [5, 5.41) is 3.10. The summed E-state index contributed by atoms with van der Waals surface area (Å²) in [4.78, 5) is 1.30. The van der Waals surface area contributed by atoms with Crippen molar-refractivity contribution in [2.75, 3.05) is 19.6 Å². The zero-order valence-electron chi connectivity index (χ0n) is 10.7. The predicted molar refractivity (Wildman–Crippen MR) is 63.1 cm³/mol. The zero-order chi connectivity index (χ0) is 13.6. The molecule has 1 aromatic rings. The standard InChI is InChI=1S/C12H19F3N2O/c1-3-16-7-10-5-6-11(18-10)8-17(4-2)9-12(13,14)15/h5-6,16H,3-4,7-9H2,1-2H3. The lowest BCUT2D eigenvalue weighted by Crippen LogP contribution is -2.33. The van der Waals surface area contributed by atoms with Gasteiger partial charge in [-0.15, -0.1) is 0 Å². The van der Waals surface area contributed by atoms with Crippen LogP contribution in [0.5, 0.6) is 0 Å². The smallest absolute Gasteiger partial charge is 0.401 e. The molecule has 0 aromatic carbocycles. The molecule has 104 valence electrons. The van der Waals surface area contributed by atoms with Crippen LogP contribution in [0.1, 0.15) is 25.4 Å². The summed E-state index contributed by atoms with van der Waals surface area (Å²) in [6.07, 6.45) is -4.17. The highest BCUT2D eigenvalue weighted by atomic mass is 19.4. The van der Waals surface area contributed by atoms with Gasteiger partial charge in [0.05, 0.1) is 19.6 Å². The molecule has 0 amide bonds. The molecule has 0 unspecified atom stereocenters. The van der Waals surface area contributed by atoms with Gasteiger partial charge in [-0.05, 0) is 25.2 Å². The first-order valence-electron chi connectivity index (χ1n) is 6.02. The van der Waals surface area contributed by atoms with E-state index in [1.165, 1.54) is 4.90 Å². The first-order valence-corrected chi connectivity index (χ1v) is 6.02. The summed E-state index contributed by atoms with van der Waals surface area (Å²) < 4.78 is 42.3. The van der Waals surface area contributed by atoms with Crippen molar-refractivity contribution < 1.29 is 17.6 Å². The Balaban J connectivity index is 2.51. The van der Waals surface area contributed by atoms with Crippen molar-refractivity contribution in [2.24, 2.45) is 0 Å². The molecule has 0 aliphatic carbocycles. The van der Waals surface area contributed by atoms with Gasteiger partial charge in [-0.3, -0.25) is 4.90 Å². The minimum absolute atomic E-state index is 0.183. The molecule has 0 bridgehead atoms. The highest BCUT2D eigenvalue weighted by Crippen LogP contribution is 2.18. The number of nitrogens with one attached hydrogen (secondary N) is 1. The van der Waals surface area contributed by atoms with E-state index in [0.29, 0.717) is 18.8 Å². The third kappa shape index (κ3) is 5.55. The second kappa shape index (κ2) is 6.80. The Morgan fingerprint density at radius 2 is 1.89 bits per heavy atom. The second-order valence-electron chi connectivity index (χ2n) is 4.07. The summed E-state index contributed by atoms with van der Waals surface area (Å²) in [5.41, 5.74) is 0. The normalized spacial score (nSPS) is 12.3. The molecular weight excluding hydrogens is 245 g/mol. The van der Waals surface area contributed by atoms with Crippen molar-refractivity contribution in [1.29, 1.82) is 0 Å². The zero-order valence-corrected chi connectivity index (χ0v) is 10.7. The van der Waals surface area contributed by atoms with Crippen LogP contribution >= 0.6 is 0 Å². The van der Waals surface area contributed by atoms with Crippen molar-refractivity contribution in [3.63, 3.8) is 0 Å². The third-order valence-electron chi connectivity index (χ3n) is 2.50. The van der Waals surface area contributed by atoms with Gasteiger partial charge in [-0.1, -0.05) is 13.8 Å². The van der Waals surface area contributed by atoms with Crippen LogP contribution in [0, 0.1) is 0 Å². The molecule has 3 nitrogen and oxygen atoms in total. The van der Waals surface area contributed by atoms with Gasteiger partial charge in [0, 0.05) is 0 Å². The van der Waals surface area contributed by atoms with E-state index in [9.17, 15) is 13.2 Å². The van der Waals surface area contributed by atoms with Gasteiger partial charge in [0.15, 0.2) is 0 Å². The first-order chi connectivity index (χ1) is 8.44. The van der Waals surface area contributed by atoms with Crippen LogP contribution in [-0.2, 0) is 13.1 Å². The number of alkyl halides is 3. The van der Waals surface area contributed by atoms with E-state index in [1.807, 2.05) is 6.92 Å². The molecule has 1 heterocycles. The van der Waals surface area contributed by atoms with Gasteiger partial charge in [0.1, 0.15) is 11.5 Å². The Kier molecular flexibility index (Phi) is 5.68. The van der Waals surface area contributed by atoms with E-state index < -0.39 is 12.7 Å². The maximum absolute atomic E-state index is 12.3. The molecular formula is C12H19F3N2O. The number of hydrogen-bond acceptors (Lipinski definition) is 3. The van der Waals surface area contributed by atoms with Gasteiger partial charge < -0.3 is 9.73 Å². The predicted octanol–water partition coefficient (Wildman–Crippen LogP) is 2.77. The summed E-state index contributed by atoms with van der Waals surface area (Å²) in [6, 6.07) is 3.52. The quantitative estimate of drug-likeness (QED) is 0.821. The van der Waals surface area contributed by atoms with Crippen molar-refractivity contribution in [2.45, 2.75) is 33.1 Å². The van der Waals surface area contributed by atoms with Gasteiger partial charge in [0.25, 0.3) is 0 Å². The third-order valence-corrected chi connectivity index (χ3v) is 2.50. The van der Waals surface area contributed by atoms with Crippen LogP contribution in [0.2, 0.25) is 0 Å². The van der Waals surface area contributed by atoms with Crippen LogP contribution in [0.15, 0.2) is 16.5 Å².